The molecule has 4 aliphatic rings. The van der Waals surface area contributed by atoms with E-state index in [9.17, 15) is 4.79 Å². The number of aromatic nitrogens is 4. The third kappa shape index (κ3) is 6.16. The summed E-state index contributed by atoms with van der Waals surface area (Å²) in [5, 5.41) is 3.18. The molecular formula is C38H48N8O2. The van der Waals surface area contributed by atoms with Gasteiger partial charge in [-0.3, -0.25) is 25.0 Å². The van der Waals surface area contributed by atoms with E-state index in [4.69, 9.17) is 14.7 Å². The van der Waals surface area contributed by atoms with Gasteiger partial charge in [0.2, 0.25) is 5.95 Å². The van der Waals surface area contributed by atoms with Crippen molar-refractivity contribution in [2.75, 3.05) is 63.1 Å². The van der Waals surface area contributed by atoms with E-state index in [1.807, 2.05) is 25.1 Å². The Bertz CT molecular complexity index is 1800. The van der Waals surface area contributed by atoms with E-state index in [0.29, 0.717) is 35.1 Å². The van der Waals surface area contributed by atoms with Crippen LogP contribution in [0, 0.1) is 18.3 Å². The number of rotatable bonds is 2. The van der Waals surface area contributed by atoms with Crippen molar-refractivity contribution in [3.8, 4) is 17.0 Å². The molecule has 0 saturated carbocycles. The average Bonchev–Trinajstić information content (AvgIpc) is 3.41. The molecule has 1 amide bonds. The number of carbonyl (C=O) groups is 1. The number of piperidine rings is 2. The highest BCUT2D eigenvalue weighted by atomic mass is 16.5. The maximum Gasteiger partial charge on any atom is 0.258 e. The van der Waals surface area contributed by atoms with E-state index in [-0.39, 0.29) is 5.91 Å². The summed E-state index contributed by atoms with van der Waals surface area (Å²) in [6.45, 7) is 12.7. The molecule has 1 atom stereocenters. The number of fused-ring (bicyclic) bond motifs is 7. The first-order valence-corrected chi connectivity index (χ1v) is 17.9. The van der Waals surface area contributed by atoms with Crippen LogP contribution in [0.15, 0.2) is 48.8 Å². The number of likely N-dealkylation sites (N-methyl/N-ethyl adjacent to an activating group) is 1. The topological polar surface area (TPSA) is 91.7 Å². The van der Waals surface area contributed by atoms with Gasteiger partial charge in [0.1, 0.15) is 5.75 Å². The lowest BCUT2D eigenvalue weighted by atomic mass is 9.71. The van der Waals surface area contributed by atoms with Crippen LogP contribution in [0.4, 0.5) is 11.6 Å². The first-order valence-electron chi connectivity index (χ1n) is 17.9. The van der Waals surface area contributed by atoms with Gasteiger partial charge in [-0.1, -0.05) is 6.92 Å². The molecule has 1 N–H and O–H groups in total. The molecule has 48 heavy (non-hydrogen) atoms. The number of nitrogens with zero attached hydrogens (tertiary/aromatic N) is 7. The van der Waals surface area contributed by atoms with Crippen LogP contribution in [0.25, 0.3) is 22.3 Å². The first-order chi connectivity index (χ1) is 23.3. The van der Waals surface area contributed by atoms with E-state index >= 15 is 0 Å². The van der Waals surface area contributed by atoms with Crippen molar-refractivity contribution in [2.45, 2.75) is 65.0 Å². The van der Waals surface area contributed by atoms with Gasteiger partial charge in [0.25, 0.3) is 5.91 Å². The fourth-order valence-electron chi connectivity index (χ4n) is 8.42. The van der Waals surface area contributed by atoms with Crippen LogP contribution in [0.2, 0.25) is 0 Å². The van der Waals surface area contributed by atoms with Gasteiger partial charge in [0, 0.05) is 68.1 Å². The summed E-state index contributed by atoms with van der Waals surface area (Å²) in [6.07, 6.45) is 10.6. The number of hydrogen-bond acceptors (Lipinski definition) is 8. The Morgan fingerprint density at radius 3 is 2.54 bits per heavy atom. The molecule has 7 heterocycles. The highest BCUT2D eigenvalue weighted by molar-refractivity contribution is 6.05. The largest absolute Gasteiger partial charge is 0.493 e. The number of benzene rings is 1. The summed E-state index contributed by atoms with van der Waals surface area (Å²) < 4.78 is 8.46. The van der Waals surface area contributed by atoms with Crippen molar-refractivity contribution in [2.24, 2.45) is 11.3 Å². The number of ether oxygens (including phenoxy) is 1. The van der Waals surface area contributed by atoms with Crippen LogP contribution < -0.4 is 15.0 Å². The Morgan fingerprint density at radius 1 is 0.958 bits per heavy atom. The molecule has 10 heteroatoms. The van der Waals surface area contributed by atoms with Crippen LogP contribution in [-0.2, 0) is 6.54 Å². The Labute approximate surface area is 283 Å². The van der Waals surface area contributed by atoms with Gasteiger partial charge in [0.05, 0.1) is 28.9 Å². The third-order valence-electron chi connectivity index (χ3n) is 11.4. The van der Waals surface area contributed by atoms with Crippen LogP contribution in [0.3, 0.4) is 0 Å². The van der Waals surface area contributed by atoms with Crippen molar-refractivity contribution in [1.82, 2.24) is 29.3 Å². The fraction of sp³-hybridized carbons (Fsp3) is 0.526. The van der Waals surface area contributed by atoms with E-state index < -0.39 is 0 Å². The minimum Gasteiger partial charge on any atom is -0.493 e. The lowest BCUT2D eigenvalue weighted by molar-refractivity contribution is -0.00126. The molecule has 1 aromatic carbocycles. The Kier molecular flexibility index (Phi) is 8.32. The number of hydrogen-bond donors (Lipinski definition) is 1. The highest BCUT2D eigenvalue weighted by Crippen LogP contribution is 2.43. The maximum absolute atomic E-state index is 13.8. The number of imidazole rings is 1. The zero-order valence-corrected chi connectivity index (χ0v) is 28.6. The van der Waals surface area contributed by atoms with Crippen molar-refractivity contribution in [3.63, 3.8) is 0 Å². The van der Waals surface area contributed by atoms with Gasteiger partial charge in [-0.2, -0.15) is 0 Å². The maximum atomic E-state index is 13.8. The second kappa shape index (κ2) is 12.8. The third-order valence-corrected chi connectivity index (χ3v) is 11.4. The van der Waals surface area contributed by atoms with Crippen molar-refractivity contribution < 1.29 is 9.53 Å². The first kappa shape index (κ1) is 31.3. The molecule has 3 aromatic heterocycles. The molecule has 1 spiro atoms. The zero-order valence-electron chi connectivity index (χ0n) is 28.6. The minimum absolute atomic E-state index is 0.205. The van der Waals surface area contributed by atoms with Crippen LogP contribution in [0.5, 0.6) is 5.75 Å². The number of pyridine rings is 2. The Morgan fingerprint density at radius 2 is 1.75 bits per heavy atom. The van der Waals surface area contributed by atoms with Gasteiger partial charge in [-0.25, -0.2) is 4.98 Å². The molecule has 10 nitrogen and oxygen atoms in total. The number of likely N-dealkylation sites (tertiary alicyclic amines) is 2. The SMILES string of the molecule is Cc1cc2cc(n1)-c1cnccc1OCCC[C@@H](C)Cn1c(nc3ccc(N4CCC5(CC4)CCN(C4CN(C)C4)CC5)cc31)NC2=O. The predicted molar refractivity (Wildman–Crippen MR) is 190 cm³/mol. The summed E-state index contributed by atoms with van der Waals surface area (Å²) in [7, 11) is 2.23. The number of aryl methyl sites for hydroxylation is 1. The van der Waals surface area contributed by atoms with Crippen LogP contribution in [0.1, 0.15) is 61.5 Å². The molecule has 2 bridgehead atoms. The molecule has 3 fully saturated rings. The van der Waals surface area contributed by atoms with E-state index in [0.717, 1.165) is 66.6 Å². The van der Waals surface area contributed by atoms with Gasteiger partial charge in [-0.05, 0) is 113 Å². The fourth-order valence-corrected chi connectivity index (χ4v) is 8.42. The summed E-state index contributed by atoms with van der Waals surface area (Å²) >= 11 is 0. The summed E-state index contributed by atoms with van der Waals surface area (Å²) in [5.74, 6) is 1.48. The zero-order chi connectivity index (χ0) is 32.8. The minimum atomic E-state index is -0.205. The molecule has 0 aliphatic carbocycles. The van der Waals surface area contributed by atoms with Crippen LogP contribution >= 0.6 is 0 Å². The molecule has 3 saturated heterocycles. The Hall–Kier alpha value is -4.02. The van der Waals surface area contributed by atoms with Crippen molar-refractivity contribution >= 4 is 28.6 Å². The van der Waals surface area contributed by atoms with E-state index in [2.05, 4.69) is 61.7 Å². The normalized spacial score (nSPS) is 22.6. The van der Waals surface area contributed by atoms with Gasteiger partial charge < -0.3 is 19.1 Å². The molecule has 252 valence electrons. The van der Waals surface area contributed by atoms with Crippen LogP contribution in [-0.4, -0.2) is 94.2 Å². The lowest BCUT2D eigenvalue weighted by Crippen LogP contribution is -2.60. The van der Waals surface area contributed by atoms with Gasteiger partial charge in [-0.15, -0.1) is 0 Å². The summed E-state index contributed by atoms with van der Waals surface area (Å²) in [5.41, 5.74) is 6.46. The molecule has 0 radical (unpaired) electrons. The second-order valence-corrected chi connectivity index (χ2v) is 14.9. The Balaban J connectivity index is 1.04. The van der Waals surface area contributed by atoms with E-state index in [1.165, 1.54) is 57.5 Å². The molecule has 4 aliphatic heterocycles. The number of nitrogens with one attached hydrogen (secondary N) is 1. The van der Waals surface area contributed by atoms with Crippen molar-refractivity contribution in [3.05, 3.63) is 60.0 Å². The summed E-state index contributed by atoms with van der Waals surface area (Å²) in [6, 6.07) is 12.9. The van der Waals surface area contributed by atoms with Gasteiger partial charge >= 0.3 is 0 Å². The van der Waals surface area contributed by atoms with Gasteiger partial charge in [0.15, 0.2) is 0 Å². The molecular weight excluding hydrogens is 600 g/mol. The smallest absolute Gasteiger partial charge is 0.258 e. The number of amides is 1. The summed E-state index contributed by atoms with van der Waals surface area (Å²) in [4.78, 5) is 35.6. The van der Waals surface area contributed by atoms with E-state index in [1.54, 1.807) is 12.4 Å². The number of carbonyl (C=O) groups excluding carboxylic acids is 1. The quantitative estimate of drug-likeness (QED) is 0.289. The number of anilines is 2. The van der Waals surface area contributed by atoms with Crippen molar-refractivity contribution in [1.29, 1.82) is 0 Å². The molecule has 8 rings (SSSR count). The predicted octanol–water partition coefficient (Wildman–Crippen LogP) is 5.86. The molecule has 0 unspecified atom stereocenters. The lowest BCUT2D eigenvalue weighted by Gasteiger charge is -2.51. The average molecular weight is 649 g/mol. The standard InChI is InChI=1S/C38H48N8O2/c1-26-5-4-18-48-35-8-13-39-22-31(35)33-20-28(19-27(2)40-33)36(47)42-37-41-32-7-6-29(21-34(32)46(37)23-26)44-14-9-38(10-15-44)11-16-45(17-12-38)30-24-43(3)25-30/h6-8,13,19-22,26,30H,4-5,9-12,14-18,23-25H2,1-3H3,(H,41,42,47)/t26-/m1/s1. The molecule has 4 aromatic rings. The second-order valence-electron chi connectivity index (χ2n) is 14.9. The highest BCUT2D eigenvalue weighted by Gasteiger charge is 2.40. The monoisotopic (exact) mass is 648 g/mol.